The van der Waals surface area contributed by atoms with E-state index in [1.165, 1.54) is 44.9 Å². The zero-order valence-corrected chi connectivity index (χ0v) is 11.1. The first-order valence-corrected chi connectivity index (χ1v) is 7.27. The molecule has 1 heterocycles. The van der Waals surface area contributed by atoms with Crippen LogP contribution in [0.2, 0.25) is 0 Å². The summed E-state index contributed by atoms with van der Waals surface area (Å²) >= 11 is 0. The number of rotatable bonds is 2. The fraction of sp³-hybridized carbons (Fsp3) is 0.929. The van der Waals surface area contributed by atoms with Crippen molar-refractivity contribution < 1.29 is 4.79 Å². The lowest BCUT2D eigenvalue weighted by Gasteiger charge is -2.28. The highest BCUT2D eigenvalue weighted by Crippen LogP contribution is 2.21. The van der Waals surface area contributed by atoms with Gasteiger partial charge in [-0.15, -0.1) is 0 Å². The van der Waals surface area contributed by atoms with Gasteiger partial charge >= 0.3 is 0 Å². The van der Waals surface area contributed by atoms with Gasteiger partial charge in [0, 0.05) is 6.04 Å². The van der Waals surface area contributed by atoms with E-state index in [4.69, 9.17) is 0 Å². The van der Waals surface area contributed by atoms with E-state index in [1.807, 2.05) is 6.92 Å². The summed E-state index contributed by atoms with van der Waals surface area (Å²) in [4.78, 5) is 12.3. The maximum Gasteiger partial charge on any atom is 0.240 e. The predicted molar refractivity (Wildman–Crippen MR) is 69.9 cm³/mol. The van der Waals surface area contributed by atoms with Crippen LogP contribution in [0.5, 0.6) is 0 Å². The van der Waals surface area contributed by atoms with Crippen molar-refractivity contribution in [2.45, 2.75) is 76.3 Å². The molecule has 0 aromatic heterocycles. The van der Waals surface area contributed by atoms with E-state index in [9.17, 15) is 4.79 Å². The maximum absolute atomic E-state index is 12.3. The van der Waals surface area contributed by atoms with E-state index in [2.05, 4.69) is 10.6 Å². The van der Waals surface area contributed by atoms with E-state index >= 15 is 0 Å². The quantitative estimate of drug-likeness (QED) is 0.775. The van der Waals surface area contributed by atoms with Crippen LogP contribution < -0.4 is 10.6 Å². The summed E-state index contributed by atoms with van der Waals surface area (Å²) in [6.07, 6.45) is 11.0. The highest BCUT2D eigenvalue weighted by molar-refractivity contribution is 5.86. The molecule has 2 fully saturated rings. The molecule has 3 heteroatoms. The van der Waals surface area contributed by atoms with Crippen LogP contribution >= 0.6 is 0 Å². The van der Waals surface area contributed by atoms with E-state index in [-0.39, 0.29) is 11.4 Å². The lowest BCUT2D eigenvalue weighted by molar-refractivity contribution is -0.127. The second-order valence-corrected chi connectivity index (χ2v) is 5.88. The smallest absolute Gasteiger partial charge is 0.240 e. The molecule has 98 valence electrons. The van der Waals surface area contributed by atoms with Crippen molar-refractivity contribution in [1.82, 2.24) is 10.6 Å². The Balaban J connectivity index is 1.83. The van der Waals surface area contributed by atoms with Gasteiger partial charge in [-0.2, -0.15) is 0 Å². The largest absolute Gasteiger partial charge is 0.352 e. The molecule has 3 nitrogen and oxygen atoms in total. The van der Waals surface area contributed by atoms with Gasteiger partial charge in [0.2, 0.25) is 5.91 Å². The maximum atomic E-state index is 12.3. The molecule has 2 N–H and O–H groups in total. The van der Waals surface area contributed by atoms with Crippen LogP contribution in [0.3, 0.4) is 0 Å². The normalized spacial score (nSPS) is 31.8. The fourth-order valence-corrected chi connectivity index (χ4v) is 3.03. The highest BCUT2D eigenvalue weighted by Gasteiger charge is 2.36. The molecular formula is C14H26N2O. The fourth-order valence-electron chi connectivity index (χ4n) is 3.03. The van der Waals surface area contributed by atoms with E-state index in [0.717, 1.165) is 19.4 Å². The minimum Gasteiger partial charge on any atom is -0.352 e. The van der Waals surface area contributed by atoms with Crippen LogP contribution in [0.1, 0.15) is 64.7 Å². The standard InChI is InChI=1S/C14H26N2O/c1-14(10-7-11-15-14)13(17)16-12-8-5-3-2-4-6-9-12/h12,15H,2-11H2,1H3,(H,16,17). The average molecular weight is 238 g/mol. The van der Waals surface area contributed by atoms with Gasteiger partial charge in [0.25, 0.3) is 0 Å². The second-order valence-electron chi connectivity index (χ2n) is 5.88. The Hall–Kier alpha value is -0.570. The molecular weight excluding hydrogens is 212 g/mol. The summed E-state index contributed by atoms with van der Waals surface area (Å²) < 4.78 is 0. The molecule has 1 amide bonds. The first-order chi connectivity index (χ1) is 8.21. The van der Waals surface area contributed by atoms with E-state index in [0.29, 0.717) is 6.04 Å². The van der Waals surface area contributed by atoms with Crippen molar-refractivity contribution >= 4 is 5.91 Å². The Labute approximate surface area is 105 Å². The molecule has 0 bridgehead atoms. The number of carbonyl (C=O) groups is 1. The molecule has 2 aliphatic rings. The predicted octanol–water partition coefficient (Wildman–Crippen LogP) is 2.36. The number of hydrogen-bond acceptors (Lipinski definition) is 2. The van der Waals surface area contributed by atoms with E-state index in [1.54, 1.807) is 0 Å². The third-order valence-corrected chi connectivity index (χ3v) is 4.31. The van der Waals surface area contributed by atoms with Crippen molar-refractivity contribution in [3.05, 3.63) is 0 Å². The molecule has 0 spiro atoms. The van der Waals surface area contributed by atoms with Gasteiger partial charge in [0.1, 0.15) is 0 Å². The molecule has 1 aliphatic heterocycles. The summed E-state index contributed by atoms with van der Waals surface area (Å²) in [5.41, 5.74) is -0.303. The van der Waals surface area contributed by atoms with Gasteiger partial charge in [0.05, 0.1) is 5.54 Å². The molecule has 0 aromatic carbocycles. The number of nitrogens with one attached hydrogen (secondary N) is 2. The Morgan fingerprint density at radius 1 is 1.12 bits per heavy atom. The average Bonchev–Trinajstić information content (AvgIpc) is 2.70. The monoisotopic (exact) mass is 238 g/mol. The Kier molecular flexibility index (Phi) is 4.43. The minimum absolute atomic E-state index is 0.223. The van der Waals surface area contributed by atoms with Crippen LogP contribution in [0.25, 0.3) is 0 Å². The zero-order valence-electron chi connectivity index (χ0n) is 11.1. The van der Waals surface area contributed by atoms with Crippen LogP contribution in [-0.2, 0) is 4.79 Å². The van der Waals surface area contributed by atoms with Gasteiger partial charge in [-0.05, 0) is 39.2 Å². The van der Waals surface area contributed by atoms with Crippen LogP contribution in [0, 0.1) is 0 Å². The Bertz CT molecular complexity index is 251. The lowest BCUT2D eigenvalue weighted by Crippen LogP contribution is -2.53. The van der Waals surface area contributed by atoms with Gasteiger partial charge in [-0.25, -0.2) is 0 Å². The van der Waals surface area contributed by atoms with Crippen molar-refractivity contribution in [1.29, 1.82) is 0 Å². The second kappa shape index (κ2) is 5.85. The lowest BCUT2D eigenvalue weighted by atomic mass is 9.94. The van der Waals surface area contributed by atoms with Crippen LogP contribution in [-0.4, -0.2) is 24.0 Å². The van der Waals surface area contributed by atoms with Crippen LogP contribution in [0.15, 0.2) is 0 Å². The van der Waals surface area contributed by atoms with Crippen molar-refractivity contribution in [2.75, 3.05) is 6.54 Å². The first-order valence-electron chi connectivity index (χ1n) is 7.27. The van der Waals surface area contributed by atoms with E-state index < -0.39 is 0 Å². The summed E-state index contributed by atoms with van der Waals surface area (Å²) in [7, 11) is 0. The number of carbonyl (C=O) groups excluding carboxylic acids is 1. The molecule has 1 saturated heterocycles. The molecule has 1 aliphatic carbocycles. The third kappa shape index (κ3) is 3.44. The van der Waals surface area contributed by atoms with Gasteiger partial charge in [0.15, 0.2) is 0 Å². The van der Waals surface area contributed by atoms with Gasteiger partial charge in [-0.1, -0.05) is 32.1 Å². The topological polar surface area (TPSA) is 41.1 Å². The van der Waals surface area contributed by atoms with Gasteiger partial charge < -0.3 is 10.6 Å². The summed E-state index contributed by atoms with van der Waals surface area (Å²) in [6.45, 7) is 3.02. The number of amides is 1. The summed E-state index contributed by atoms with van der Waals surface area (Å²) in [5, 5.41) is 6.61. The van der Waals surface area contributed by atoms with Crippen molar-refractivity contribution in [3.63, 3.8) is 0 Å². The zero-order chi connectivity index (χ0) is 12.1. The Morgan fingerprint density at radius 2 is 1.76 bits per heavy atom. The molecule has 0 radical (unpaired) electrons. The minimum atomic E-state index is -0.303. The first kappa shape index (κ1) is 12.9. The Morgan fingerprint density at radius 3 is 2.35 bits per heavy atom. The molecule has 1 atom stereocenters. The highest BCUT2D eigenvalue weighted by atomic mass is 16.2. The summed E-state index contributed by atoms with van der Waals surface area (Å²) in [5.74, 6) is 0.223. The number of hydrogen-bond donors (Lipinski definition) is 2. The van der Waals surface area contributed by atoms with Crippen LogP contribution in [0.4, 0.5) is 0 Å². The molecule has 1 saturated carbocycles. The van der Waals surface area contributed by atoms with Gasteiger partial charge in [-0.3, -0.25) is 4.79 Å². The molecule has 0 aromatic rings. The third-order valence-electron chi connectivity index (χ3n) is 4.31. The molecule has 1 unspecified atom stereocenters. The van der Waals surface area contributed by atoms with Crippen molar-refractivity contribution in [2.24, 2.45) is 0 Å². The van der Waals surface area contributed by atoms with Crippen molar-refractivity contribution in [3.8, 4) is 0 Å². The summed E-state index contributed by atoms with van der Waals surface area (Å²) in [6, 6.07) is 0.419. The molecule has 17 heavy (non-hydrogen) atoms. The SMILES string of the molecule is CC1(C(=O)NC2CCCCCCC2)CCCN1. The molecule has 2 rings (SSSR count).